The summed E-state index contributed by atoms with van der Waals surface area (Å²) in [6.07, 6.45) is 4.31. The SMILES string of the molecule is COC1CCC(N(CC(=O)O)c2ccc(C)cc2)CC1. The van der Waals surface area contributed by atoms with Crippen LogP contribution in [0, 0.1) is 6.92 Å². The number of rotatable bonds is 5. The molecule has 2 rings (SSSR count). The van der Waals surface area contributed by atoms with Gasteiger partial charge in [0.1, 0.15) is 6.54 Å². The highest BCUT2D eigenvalue weighted by Gasteiger charge is 2.27. The second-order valence-electron chi connectivity index (χ2n) is 5.52. The Labute approximate surface area is 120 Å². The Hall–Kier alpha value is -1.55. The first-order valence-electron chi connectivity index (χ1n) is 7.18. The molecule has 4 heteroatoms. The summed E-state index contributed by atoms with van der Waals surface area (Å²) >= 11 is 0. The number of benzene rings is 1. The maximum absolute atomic E-state index is 11.1. The number of aliphatic carboxylic acids is 1. The molecule has 1 N–H and O–H groups in total. The molecule has 4 nitrogen and oxygen atoms in total. The minimum absolute atomic E-state index is 0.0609. The van der Waals surface area contributed by atoms with Crippen LogP contribution >= 0.6 is 0 Å². The minimum atomic E-state index is -0.778. The summed E-state index contributed by atoms with van der Waals surface area (Å²) in [5.74, 6) is -0.778. The van der Waals surface area contributed by atoms with Crippen LogP contribution in [0.2, 0.25) is 0 Å². The molecule has 1 aromatic rings. The highest BCUT2D eigenvalue weighted by atomic mass is 16.5. The van der Waals surface area contributed by atoms with Crippen molar-refractivity contribution < 1.29 is 14.6 Å². The van der Waals surface area contributed by atoms with E-state index >= 15 is 0 Å². The predicted octanol–water partition coefficient (Wildman–Crippen LogP) is 2.84. The van der Waals surface area contributed by atoms with Crippen molar-refractivity contribution in [3.63, 3.8) is 0 Å². The normalized spacial score (nSPS) is 22.5. The summed E-state index contributed by atoms with van der Waals surface area (Å²) in [6, 6.07) is 8.39. The van der Waals surface area contributed by atoms with E-state index in [4.69, 9.17) is 9.84 Å². The van der Waals surface area contributed by atoms with E-state index in [1.807, 2.05) is 36.1 Å². The van der Waals surface area contributed by atoms with Crippen LogP contribution in [0.25, 0.3) is 0 Å². The molecule has 0 spiro atoms. The first-order chi connectivity index (χ1) is 9.60. The fraction of sp³-hybridized carbons (Fsp3) is 0.562. The standard InChI is InChI=1S/C16H23NO3/c1-12-3-5-13(6-4-12)17(11-16(18)19)14-7-9-15(20-2)10-8-14/h3-6,14-15H,7-11H2,1-2H3,(H,18,19). The quantitative estimate of drug-likeness (QED) is 0.899. The van der Waals surface area contributed by atoms with E-state index in [1.54, 1.807) is 7.11 Å². The Bertz CT molecular complexity index is 436. The number of methoxy groups -OCH3 is 1. The van der Waals surface area contributed by atoms with E-state index in [0.29, 0.717) is 12.1 Å². The zero-order chi connectivity index (χ0) is 14.5. The molecule has 1 fully saturated rings. The van der Waals surface area contributed by atoms with Gasteiger partial charge in [0.05, 0.1) is 6.10 Å². The van der Waals surface area contributed by atoms with Gasteiger partial charge < -0.3 is 14.7 Å². The average Bonchev–Trinajstić information content (AvgIpc) is 2.46. The second kappa shape index (κ2) is 6.75. The predicted molar refractivity (Wildman–Crippen MR) is 79.2 cm³/mol. The van der Waals surface area contributed by atoms with Crippen LogP contribution in [0.4, 0.5) is 5.69 Å². The number of nitrogens with zero attached hydrogens (tertiary/aromatic N) is 1. The van der Waals surface area contributed by atoms with E-state index in [0.717, 1.165) is 31.4 Å². The first kappa shape index (κ1) is 14.9. The minimum Gasteiger partial charge on any atom is -0.480 e. The number of anilines is 1. The molecular weight excluding hydrogens is 254 g/mol. The summed E-state index contributed by atoms with van der Waals surface area (Å²) in [5.41, 5.74) is 2.19. The molecule has 0 aliphatic heterocycles. The van der Waals surface area contributed by atoms with Crippen LogP contribution in [-0.2, 0) is 9.53 Å². The lowest BCUT2D eigenvalue weighted by Gasteiger charge is -2.37. The number of hydrogen-bond donors (Lipinski definition) is 1. The zero-order valence-electron chi connectivity index (χ0n) is 12.2. The molecule has 0 radical (unpaired) electrons. The largest absolute Gasteiger partial charge is 0.480 e. The van der Waals surface area contributed by atoms with Crippen molar-refractivity contribution in [1.82, 2.24) is 0 Å². The van der Waals surface area contributed by atoms with Crippen molar-refractivity contribution in [2.75, 3.05) is 18.6 Å². The molecule has 0 heterocycles. The monoisotopic (exact) mass is 277 g/mol. The average molecular weight is 277 g/mol. The van der Waals surface area contributed by atoms with E-state index in [2.05, 4.69) is 0 Å². The topological polar surface area (TPSA) is 49.8 Å². The van der Waals surface area contributed by atoms with Gasteiger partial charge in [0.15, 0.2) is 0 Å². The number of carboxylic acids is 1. The van der Waals surface area contributed by atoms with Crippen LogP contribution in [-0.4, -0.2) is 36.9 Å². The fourth-order valence-electron chi connectivity index (χ4n) is 2.91. The zero-order valence-corrected chi connectivity index (χ0v) is 12.2. The second-order valence-corrected chi connectivity index (χ2v) is 5.52. The summed E-state index contributed by atoms with van der Waals surface area (Å²) in [6.45, 7) is 2.10. The molecule has 0 atom stereocenters. The van der Waals surface area contributed by atoms with Crippen molar-refractivity contribution >= 4 is 11.7 Å². The van der Waals surface area contributed by atoms with Gasteiger partial charge in [-0.1, -0.05) is 17.7 Å². The van der Waals surface area contributed by atoms with Crippen molar-refractivity contribution in [1.29, 1.82) is 0 Å². The number of hydrogen-bond acceptors (Lipinski definition) is 3. The highest BCUT2D eigenvalue weighted by Crippen LogP contribution is 2.28. The third kappa shape index (κ3) is 3.73. The van der Waals surface area contributed by atoms with E-state index in [9.17, 15) is 4.79 Å². The summed E-state index contributed by atoms with van der Waals surface area (Å²) in [4.78, 5) is 13.2. The number of ether oxygens (including phenoxy) is 1. The Morgan fingerprint density at radius 2 is 1.85 bits per heavy atom. The summed E-state index contributed by atoms with van der Waals surface area (Å²) < 4.78 is 5.39. The van der Waals surface area contributed by atoms with Crippen LogP contribution in [0.15, 0.2) is 24.3 Å². The molecule has 1 aliphatic rings. The van der Waals surface area contributed by atoms with Crippen molar-refractivity contribution in [2.45, 2.75) is 44.8 Å². The Balaban J connectivity index is 2.11. The van der Waals surface area contributed by atoms with Gasteiger partial charge in [0, 0.05) is 18.8 Å². The van der Waals surface area contributed by atoms with Gasteiger partial charge in [0.25, 0.3) is 0 Å². The fourth-order valence-corrected chi connectivity index (χ4v) is 2.91. The van der Waals surface area contributed by atoms with Crippen LogP contribution in [0.5, 0.6) is 0 Å². The molecule has 0 aromatic heterocycles. The Morgan fingerprint density at radius 3 is 2.35 bits per heavy atom. The molecular formula is C16H23NO3. The molecule has 110 valence electrons. The molecule has 0 amide bonds. The van der Waals surface area contributed by atoms with E-state index < -0.39 is 5.97 Å². The summed E-state index contributed by atoms with van der Waals surface area (Å²) in [5, 5.41) is 9.16. The van der Waals surface area contributed by atoms with Gasteiger partial charge in [-0.05, 0) is 44.7 Å². The van der Waals surface area contributed by atoms with Gasteiger partial charge in [-0.25, -0.2) is 0 Å². The van der Waals surface area contributed by atoms with Crippen LogP contribution < -0.4 is 4.90 Å². The van der Waals surface area contributed by atoms with Crippen molar-refractivity contribution in [3.8, 4) is 0 Å². The lowest BCUT2D eigenvalue weighted by molar-refractivity contribution is -0.135. The molecule has 1 saturated carbocycles. The molecule has 0 bridgehead atoms. The number of carboxylic acid groups (broad SMARTS) is 1. The molecule has 0 unspecified atom stereocenters. The van der Waals surface area contributed by atoms with Crippen LogP contribution in [0.1, 0.15) is 31.2 Å². The van der Waals surface area contributed by atoms with Gasteiger partial charge >= 0.3 is 5.97 Å². The van der Waals surface area contributed by atoms with Gasteiger partial charge in [-0.2, -0.15) is 0 Å². The summed E-state index contributed by atoms with van der Waals surface area (Å²) in [7, 11) is 1.75. The van der Waals surface area contributed by atoms with Gasteiger partial charge in [-0.3, -0.25) is 4.79 Å². The molecule has 20 heavy (non-hydrogen) atoms. The van der Waals surface area contributed by atoms with Crippen molar-refractivity contribution in [2.24, 2.45) is 0 Å². The van der Waals surface area contributed by atoms with Gasteiger partial charge in [-0.15, -0.1) is 0 Å². The third-order valence-corrected chi connectivity index (χ3v) is 4.09. The van der Waals surface area contributed by atoms with E-state index in [-0.39, 0.29) is 6.54 Å². The lowest BCUT2D eigenvalue weighted by atomic mass is 9.91. The smallest absolute Gasteiger partial charge is 0.323 e. The first-order valence-corrected chi connectivity index (χ1v) is 7.18. The Morgan fingerprint density at radius 1 is 1.25 bits per heavy atom. The molecule has 0 saturated heterocycles. The molecule has 1 aromatic carbocycles. The highest BCUT2D eigenvalue weighted by molar-refractivity contribution is 5.74. The van der Waals surface area contributed by atoms with Crippen molar-refractivity contribution in [3.05, 3.63) is 29.8 Å². The third-order valence-electron chi connectivity index (χ3n) is 4.09. The number of aryl methyl sites for hydroxylation is 1. The molecule has 1 aliphatic carbocycles. The van der Waals surface area contributed by atoms with Crippen LogP contribution in [0.3, 0.4) is 0 Å². The Kier molecular flexibility index (Phi) is 5.01. The van der Waals surface area contributed by atoms with E-state index in [1.165, 1.54) is 5.56 Å². The maximum Gasteiger partial charge on any atom is 0.323 e. The number of carbonyl (C=O) groups is 1. The van der Waals surface area contributed by atoms with Gasteiger partial charge in [0.2, 0.25) is 0 Å². The maximum atomic E-state index is 11.1. The lowest BCUT2D eigenvalue weighted by Crippen LogP contribution is -2.42.